The third-order valence-electron chi connectivity index (χ3n) is 8.51. The van der Waals surface area contributed by atoms with Crippen molar-refractivity contribution in [1.82, 2.24) is 19.4 Å². The normalized spacial score (nSPS) is 14.1. The van der Waals surface area contributed by atoms with E-state index in [-0.39, 0.29) is 5.91 Å². The number of carbonyl (C=O) groups is 1. The van der Waals surface area contributed by atoms with Crippen molar-refractivity contribution in [2.45, 2.75) is 72.6 Å². The first-order chi connectivity index (χ1) is 20.7. The van der Waals surface area contributed by atoms with Gasteiger partial charge in [-0.1, -0.05) is 34.1 Å². The molecule has 1 saturated heterocycles. The Morgan fingerprint density at radius 1 is 0.907 bits per heavy atom. The lowest BCUT2D eigenvalue weighted by molar-refractivity contribution is 0.0741. The Balaban J connectivity index is 1.74. The van der Waals surface area contributed by atoms with Gasteiger partial charge >= 0.3 is 0 Å². The van der Waals surface area contributed by atoms with Gasteiger partial charge in [0.2, 0.25) is 5.75 Å². The minimum Gasteiger partial charge on any atom is -0.493 e. The Morgan fingerprint density at radius 3 is 2.09 bits per heavy atom. The number of ether oxygens (including phenoxy) is 3. The van der Waals surface area contributed by atoms with E-state index < -0.39 is 0 Å². The Labute approximate surface area is 258 Å². The zero-order chi connectivity index (χ0) is 30.9. The number of rotatable bonds is 15. The highest BCUT2D eigenvalue weighted by atomic mass is 16.5. The molecule has 1 aliphatic heterocycles. The molecule has 0 aliphatic carbocycles. The van der Waals surface area contributed by atoms with E-state index in [0.29, 0.717) is 34.6 Å². The monoisotopic (exact) mass is 592 g/mol. The van der Waals surface area contributed by atoms with Crippen LogP contribution >= 0.6 is 0 Å². The van der Waals surface area contributed by atoms with Gasteiger partial charge in [-0.25, -0.2) is 4.52 Å². The van der Waals surface area contributed by atoms with Crippen molar-refractivity contribution < 1.29 is 19.0 Å². The lowest BCUT2D eigenvalue weighted by atomic mass is 10.0. The summed E-state index contributed by atoms with van der Waals surface area (Å²) < 4.78 is 18.8. The maximum absolute atomic E-state index is 13.9. The molecule has 0 atom stereocenters. The maximum Gasteiger partial charge on any atom is 0.253 e. The molecule has 1 aromatic carbocycles. The lowest BCUT2D eigenvalue weighted by Crippen LogP contribution is -2.34. The molecule has 0 saturated carbocycles. The van der Waals surface area contributed by atoms with Crippen LogP contribution in [0.2, 0.25) is 0 Å². The second kappa shape index (κ2) is 15.5. The van der Waals surface area contributed by atoms with Gasteiger partial charge in [-0.05, 0) is 94.3 Å². The summed E-state index contributed by atoms with van der Waals surface area (Å²) >= 11 is 0. The molecule has 1 aliphatic rings. The van der Waals surface area contributed by atoms with Crippen molar-refractivity contribution in [3.05, 3.63) is 41.6 Å². The first-order valence-electron chi connectivity index (χ1n) is 16.1. The number of pyridine rings is 1. The van der Waals surface area contributed by atoms with Gasteiger partial charge in [0.15, 0.2) is 11.5 Å². The zero-order valence-electron chi connectivity index (χ0n) is 27.4. The van der Waals surface area contributed by atoms with E-state index in [0.717, 1.165) is 67.7 Å². The Bertz CT molecular complexity index is 1310. The molecular formula is C35H52N4O4. The fourth-order valence-electron chi connectivity index (χ4n) is 5.91. The van der Waals surface area contributed by atoms with Crippen molar-refractivity contribution in [2.75, 3.05) is 54.1 Å². The molecule has 0 radical (unpaired) electrons. The van der Waals surface area contributed by atoms with Crippen LogP contribution in [0.5, 0.6) is 17.2 Å². The summed E-state index contributed by atoms with van der Waals surface area (Å²) in [7, 11) is 4.88. The van der Waals surface area contributed by atoms with Crippen LogP contribution < -0.4 is 14.2 Å². The van der Waals surface area contributed by atoms with Crippen LogP contribution in [0.15, 0.2) is 30.5 Å². The molecule has 3 aromatic rings. The van der Waals surface area contributed by atoms with E-state index >= 15 is 0 Å². The number of aryl methyl sites for hydroxylation is 1. The van der Waals surface area contributed by atoms with Gasteiger partial charge in [-0.15, -0.1) is 0 Å². The number of amides is 1. The minimum absolute atomic E-state index is 0.0959. The summed E-state index contributed by atoms with van der Waals surface area (Å²) in [5.74, 6) is 2.92. The molecule has 0 N–H and O–H groups in total. The fraction of sp³-hybridized carbons (Fsp3) is 0.600. The molecule has 3 heterocycles. The standard InChI is InChI=1S/C35H52N4O4/c1-25(2)13-19-38(20-14-26(3)4)35(40)27-15-21-39-30(22-27)29(12-11-18-37-16-9-8-10-17-37)33(36-39)28-23-31(41-5)34(43-7)32(24-28)42-6/h15,21-26H,8-14,16-20H2,1-7H3. The molecule has 4 rings (SSSR count). The molecule has 1 fully saturated rings. The number of likely N-dealkylation sites (tertiary alicyclic amines) is 1. The van der Waals surface area contributed by atoms with Crippen LogP contribution in [0, 0.1) is 11.8 Å². The predicted molar refractivity (Wildman–Crippen MR) is 174 cm³/mol. The van der Waals surface area contributed by atoms with Gasteiger partial charge in [0.1, 0.15) is 0 Å². The van der Waals surface area contributed by atoms with E-state index in [1.165, 1.54) is 32.4 Å². The molecule has 8 nitrogen and oxygen atoms in total. The Morgan fingerprint density at radius 2 is 1.53 bits per heavy atom. The minimum atomic E-state index is 0.0959. The van der Waals surface area contributed by atoms with Gasteiger partial charge in [-0.3, -0.25) is 4.79 Å². The number of aromatic nitrogens is 2. The first-order valence-corrected chi connectivity index (χ1v) is 16.1. The molecule has 0 spiro atoms. The molecule has 236 valence electrons. The van der Waals surface area contributed by atoms with Gasteiger partial charge < -0.3 is 24.0 Å². The van der Waals surface area contributed by atoms with E-state index in [9.17, 15) is 4.79 Å². The number of nitrogens with zero attached hydrogens (tertiary/aromatic N) is 4. The highest BCUT2D eigenvalue weighted by Gasteiger charge is 2.23. The number of methoxy groups -OCH3 is 3. The predicted octanol–water partition coefficient (Wildman–Crippen LogP) is 6.98. The van der Waals surface area contributed by atoms with E-state index in [1.54, 1.807) is 21.3 Å². The molecule has 8 heteroatoms. The third-order valence-corrected chi connectivity index (χ3v) is 8.51. The van der Waals surface area contributed by atoms with Crippen LogP contribution in [0.25, 0.3) is 16.8 Å². The number of carbonyl (C=O) groups excluding carboxylic acids is 1. The van der Waals surface area contributed by atoms with Crippen molar-refractivity contribution in [1.29, 1.82) is 0 Å². The van der Waals surface area contributed by atoms with Crippen LogP contribution in [-0.2, 0) is 6.42 Å². The summed E-state index contributed by atoms with van der Waals surface area (Å²) in [5.41, 5.74) is 4.60. The summed E-state index contributed by atoms with van der Waals surface area (Å²) in [4.78, 5) is 18.5. The second-order valence-electron chi connectivity index (χ2n) is 12.6. The summed E-state index contributed by atoms with van der Waals surface area (Å²) in [6.45, 7) is 13.8. The average molecular weight is 593 g/mol. The Hall–Kier alpha value is -3.26. The number of hydrogen-bond acceptors (Lipinski definition) is 6. The summed E-state index contributed by atoms with van der Waals surface area (Å²) in [5, 5.41) is 5.05. The van der Waals surface area contributed by atoms with E-state index in [2.05, 4.69) is 32.6 Å². The second-order valence-corrected chi connectivity index (χ2v) is 12.6. The molecule has 0 bridgehead atoms. The first kappa shape index (κ1) is 32.6. The zero-order valence-corrected chi connectivity index (χ0v) is 27.4. The number of hydrogen-bond donors (Lipinski definition) is 0. The fourth-order valence-corrected chi connectivity index (χ4v) is 5.91. The summed E-state index contributed by atoms with van der Waals surface area (Å²) in [6, 6.07) is 7.88. The van der Waals surface area contributed by atoms with Crippen molar-refractivity contribution in [3.63, 3.8) is 0 Å². The third kappa shape index (κ3) is 8.22. The topological polar surface area (TPSA) is 68.5 Å². The number of piperidine rings is 1. The molecule has 1 amide bonds. The van der Waals surface area contributed by atoms with Crippen LogP contribution in [0.3, 0.4) is 0 Å². The van der Waals surface area contributed by atoms with Crippen LogP contribution in [-0.4, -0.2) is 79.4 Å². The number of fused-ring (bicyclic) bond motifs is 1. The van der Waals surface area contributed by atoms with Gasteiger partial charge in [0, 0.05) is 36.0 Å². The number of benzene rings is 1. The lowest BCUT2D eigenvalue weighted by Gasteiger charge is -2.26. The largest absolute Gasteiger partial charge is 0.493 e. The van der Waals surface area contributed by atoms with Crippen LogP contribution in [0.4, 0.5) is 0 Å². The van der Waals surface area contributed by atoms with Crippen molar-refractivity contribution in [3.8, 4) is 28.5 Å². The van der Waals surface area contributed by atoms with Crippen LogP contribution in [0.1, 0.15) is 82.1 Å². The van der Waals surface area contributed by atoms with Gasteiger partial charge in [0.05, 0.1) is 32.5 Å². The highest BCUT2D eigenvalue weighted by molar-refractivity contribution is 5.96. The van der Waals surface area contributed by atoms with E-state index in [4.69, 9.17) is 19.3 Å². The SMILES string of the molecule is COc1cc(-c2nn3ccc(C(=O)N(CCC(C)C)CCC(C)C)cc3c2CCCN2CCCCC2)cc(OC)c1OC. The molecule has 43 heavy (non-hydrogen) atoms. The van der Waals surface area contributed by atoms with E-state index in [1.807, 2.05) is 39.9 Å². The average Bonchev–Trinajstić information content (AvgIpc) is 3.37. The quantitative estimate of drug-likeness (QED) is 0.190. The maximum atomic E-state index is 13.9. The van der Waals surface area contributed by atoms with Crippen molar-refractivity contribution >= 4 is 11.4 Å². The molecular weight excluding hydrogens is 540 g/mol. The Kier molecular flexibility index (Phi) is 11.7. The summed E-state index contributed by atoms with van der Waals surface area (Å²) in [6.07, 6.45) is 9.68. The van der Waals surface area contributed by atoms with Gasteiger partial charge in [-0.2, -0.15) is 5.10 Å². The highest BCUT2D eigenvalue weighted by Crippen LogP contribution is 2.42. The molecule has 0 unspecified atom stereocenters. The smallest absolute Gasteiger partial charge is 0.253 e. The molecule has 2 aromatic heterocycles. The van der Waals surface area contributed by atoms with Gasteiger partial charge in [0.25, 0.3) is 5.91 Å². The van der Waals surface area contributed by atoms with Crippen molar-refractivity contribution in [2.24, 2.45) is 11.8 Å².